The van der Waals surface area contributed by atoms with Crippen molar-refractivity contribution in [2.75, 3.05) is 19.0 Å². The zero-order valence-electron chi connectivity index (χ0n) is 11.7. The number of nitrogens with zero attached hydrogens (tertiary/aromatic N) is 1. The lowest BCUT2D eigenvalue weighted by molar-refractivity contribution is 0.105. The van der Waals surface area contributed by atoms with E-state index in [2.05, 4.69) is 40.3 Å². The Balaban J connectivity index is 1.85. The summed E-state index contributed by atoms with van der Waals surface area (Å²) in [4.78, 5) is 13.6. The highest BCUT2D eigenvalue weighted by molar-refractivity contribution is 9.09. The first-order valence-electron chi connectivity index (χ1n) is 6.97. The summed E-state index contributed by atoms with van der Waals surface area (Å²) in [6, 6.07) is 6.24. The number of anilines is 1. The molecule has 0 saturated carbocycles. The maximum absolute atomic E-state index is 11.6. The van der Waals surface area contributed by atoms with Gasteiger partial charge in [0.2, 0.25) is 0 Å². The molecule has 0 bridgehead atoms. The Morgan fingerprint density at radius 3 is 3.00 bits per heavy atom. The van der Waals surface area contributed by atoms with Crippen LogP contribution in [0.15, 0.2) is 18.2 Å². The molecule has 3 atom stereocenters. The van der Waals surface area contributed by atoms with Gasteiger partial charge in [-0.15, -0.1) is 0 Å². The van der Waals surface area contributed by atoms with Gasteiger partial charge in [-0.3, -0.25) is 0 Å². The quantitative estimate of drug-likeness (QED) is 0.838. The van der Waals surface area contributed by atoms with Gasteiger partial charge in [-0.2, -0.15) is 0 Å². The smallest absolute Gasteiger partial charge is 0.321 e. The van der Waals surface area contributed by atoms with Gasteiger partial charge in [0.25, 0.3) is 0 Å². The van der Waals surface area contributed by atoms with E-state index in [0.29, 0.717) is 17.3 Å². The lowest BCUT2D eigenvalue weighted by Crippen LogP contribution is -2.35. The topological polar surface area (TPSA) is 41.6 Å². The van der Waals surface area contributed by atoms with Crippen molar-refractivity contribution in [2.45, 2.75) is 30.8 Å². The Morgan fingerprint density at radius 1 is 1.50 bits per heavy atom. The molecule has 1 N–H and O–H groups in total. The Kier molecular flexibility index (Phi) is 3.73. The molecule has 2 aliphatic heterocycles. The van der Waals surface area contributed by atoms with Gasteiger partial charge in [-0.1, -0.05) is 28.1 Å². The molecule has 2 aliphatic rings. The molecule has 0 aliphatic carbocycles. The molecule has 1 aromatic carbocycles. The van der Waals surface area contributed by atoms with Gasteiger partial charge >= 0.3 is 6.03 Å². The first-order valence-corrected chi connectivity index (χ1v) is 7.88. The van der Waals surface area contributed by atoms with Crippen LogP contribution >= 0.6 is 15.9 Å². The lowest BCUT2D eigenvalue weighted by atomic mass is 9.92. The molecule has 20 heavy (non-hydrogen) atoms. The molecule has 0 radical (unpaired) electrons. The number of halogens is 1. The van der Waals surface area contributed by atoms with Gasteiger partial charge < -0.3 is 15.0 Å². The first-order chi connectivity index (χ1) is 9.56. The third kappa shape index (κ3) is 2.44. The lowest BCUT2D eigenvalue weighted by Gasteiger charge is -2.28. The molecule has 1 saturated heterocycles. The number of fused-ring (bicyclic) bond motifs is 1. The summed E-state index contributed by atoms with van der Waals surface area (Å²) >= 11 is 3.83. The third-order valence-electron chi connectivity index (χ3n) is 4.25. The minimum Gasteiger partial charge on any atom is -0.378 e. The van der Waals surface area contributed by atoms with Gasteiger partial charge in [0.05, 0.1) is 6.10 Å². The number of alkyl halides is 1. The summed E-state index contributed by atoms with van der Waals surface area (Å²) in [6.07, 6.45) is 1.38. The van der Waals surface area contributed by atoms with E-state index in [9.17, 15) is 4.79 Å². The number of hydrogen-bond donors (Lipinski definition) is 1. The van der Waals surface area contributed by atoms with E-state index in [0.717, 1.165) is 18.7 Å². The minimum absolute atomic E-state index is 0.0431. The van der Waals surface area contributed by atoms with Crippen molar-refractivity contribution < 1.29 is 9.53 Å². The molecule has 1 fully saturated rings. The molecule has 2 amide bonds. The molecule has 2 heterocycles. The fraction of sp³-hybridized carbons (Fsp3) is 0.533. The van der Waals surface area contributed by atoms with Crippen molar-refractivity contribution in [3.63, 3.8) is 0 Å². The number of carbonyl (C=O) groups is 1. The zero-order valence-corrected chi connectivity index (χ0v) is 13.3. The normalized spacial score (nSPS) is 27.1. The molecule has 0 spiro atoms. The van der Waals surface area contributed by atoms with Gasteiger partial charge in [-0.25, -0.2) is 4.79 Å². The van der Waals surface area contributed by atoms with Crippen LogP contribution in [0.1, 0.15) is 29.3 Å². The number of ether oxygens (including phenoxy) is 1. The molecular weight excluding hydrogens is 320 g/mol. The predicted octanol–water partition coefficient (Wildman–Crippen LogP) is 3.52. The largest absolute Gasteiger partial charge is 0.378 e. The molecule has 5 heteroatoms. The summed E-state index contributed by atoms with van der Waals surface area (Å²) in [5.41, 5.74) is 3.35. The van der Waals surface area contributed by atoms with Crippen LogP contribution in [0.4, 0.5) is 10.5 Å². The van der Waals surface area contributed by atoms with Crippen LogP contribution in [0.3, 0.4) is 0 Å². The Hall–Kier alpha value is -1.07. The molecule has 3 rings (SSSR count). The van der Waals surface area contributed by atoms with Crippen LogP contribution in [0.5, 0.6) is 0 Å². The Bertz CT molecular complexity index is 535. The average Bonchev–Trinajstić information content (AvgIpc) is 2.85. The Morgan fingerprint density at radius 2 is 2.30 bits per heavy atom. The number of amides is 2. The number of benzene rings is 1. The fourth-order valence-electron chi connectivity index (χ4n) is 2.96. The molecular formula is C15H19BrN2O2. The molecule has 3 unspecified atom stereocenters. The van der Waals surface area contributed by atoms with Crippen molar-refractivity contribution in [2.24, 2.45) is 5.92 Å². The number of hydrogen-bond acceptors (Lipinski definition) is 2. The van der Waals surface area contributed by atoms with Crippen LogP contribution < -0.4 is 5.32 Å². The van der Waals surface area contributed by atoms with Crippen LogP contribution in [0.25, 0.3) is 0 Å². The maximum atomic E-state index is 11.6. The van der Waals surface area contributed by atoms with E-state index < -0.39 is 0 Å². The van der Waals surface area contributed by atoms with Crippen LogP contribution in [0, 0.1) is 5.92 Å². The summed E-state index contributed by atoms with van der Waals surface area (Å²) in [5.74, 6) is 0.504. The van der Waals surface area contributed by atoms with Gasteiger partial charge in [0, 0.05) is 36.6 Å². The monoisotopic (exact) mass is 338 g/mol. The number of nitrogens with one attached hydrogen (secondary N) is 1. The fourth-order valence-corrected chi connectivity index (χ4v) is 3.93. The summed E-state index contributed by atoms with van der Waals surface area (Å²) in [7, 11) is 1.81. The summed E-state index contributed by atoms with van der Waals surface area (Å²) < 4.78 is 5.66. The van der Waals surface area contributed by atoms with Gasteiger partial charge in [-0.05, 0) is 30.5 Å². The predicted molar refractivity (Wildman–Crippen MR) is 82.1 cm³/mol. The molecule has 108 valence electrons. The summed E-state index contributed by atoms with van der Waals surface area (Å²) in [5, 5.41) is 2.90. The second kappa shape index (κ2) is 5.37. The maximum Gasteiger partial charge on any atom is 0.321 e. The van der Waals surface area contributed by atoms with E-state index in [4.69, 9.17) is 4.74 Å². The van der Waals surface area contributed by atoms with Crippen molar-refractivity contribution in [1.29, 1.82) is 0 Å². The van der Waals surface area contributed by atoms with Crippen molar-refractivity contribution in [3.05, 3.63) is 29.3 Å². The number of carbonyl (C=O) groups excluding carboxylic acids is 1. The van der Waals surface area contributed by atoms with Crippen LogP contribution in [-0.2, 0) is 11.3 Å². The highest BCUT2D eigenvalue weighted by Crippen LogP contribution is 2.40. The minimum atomic E-state index is -0.0431. The number of rotatable bonds is 2. The molecule has 0 aromatic heterocycles. The van der Waals surface area contributed by atoms with Crippen LogP contribution in [-0.4, -0.2) is 30.7 Å². The van der Waals surface area contributed by atoms with Gasteiger partial charge in [0.1, 0.15) is 0 Å². The van der Waals surface area contributed by atoms with Crippen molar-refractivity contribution in [3.8, 4) is 0 Å². The van der Waals surface area contributed by atoms with E-state index in [1.165, 1.54) is 11.1 Å². The van der Waals surface area contributed by atoms with Crippen molar-refractivity contribution >= 4 is 27.6 Å². The Labute approximate surface area is 127 Å². The standard InChI is InChI=1S/C15H19BrN2O2/c1-9-12(5-6-20-9)14(16)10-3-4-13-11(7-10)8-18(2)15(19)17-13/h3-4,7,9,12,14H,5-6,8H2,1-2H3,(H,17,19). The van der Waals surface area contributed by atoms with E-state index >= 15 is 0 Å². The SMILES string of the molecule is CC1OCCC1C(Br)c1ccc2c(c1)CN(C)C(=O)N2. The van der Waals surface area contributed by atoms with Crippen molar-refractivity contribution in [1.82, 2.24) is 4.90 Å². The van der Waals surface area contributed by atoms with Crippen LogP contribution in [0.2, 0.25) is 0 Å². The van der Waals surface area contributed by atoms with E-state index in [1.807, 2.05) is 13.1 Å². The second-order valence-electron chi connectivity index (χ2n) is 5.63. The van der Waals surface area contributed by atoms with Gasteiger partial charge in [0.15, 0.2) is 0 Å². The molecule has 4 nitrogen and oxygen atoms in total. The van der Waals surface area contributed by atoms with E-state index in [-0.39, 0.29) is 12.1 Å². The summed E-state index contributed by atoms with van der Waals surface area (Å²) in [6.45, 7) is 3.64. The first kappa shape index (κ1) is 13.9. The highest BCUT2D eigenvalue weighted by atomic mass is 79.9. The van der Waals surface area contributed by atoms with E-state index in [1.54, 1.807) is 4.90 Å². The third-order valence-corrected chi connectivity index (χ3v) is 5.46. The highest BCUT2D eigenvalue weighted by Gasteiger charge is 2.32. The second-order valence-corrected chi connectivity index (χ2v) is 6.62. The zero-order chi connectivity index (χ0) is 14.3. The number of urea groups is 1. The average molecular weight is 339 g/mol. The molecule has 1 aromatic rings.